The standard InChI is InChI=1S/C13H27N3O/c1-10(2)16-7-4-5-12(6-8-16)15-11(3)9-13(14)17/h10-12,15H,4-9H2,1-3H3,(H2,14,17). The van der Waals surface area contributed by atoms with E-state index in [2.05, 4.69) is 24.1 Å². The minimum Gasteiger partial charge on any atom is -0.370 e. The summed E-state index contributed by atoms with van der Waals surface area (Å²) in [7, 11) is 0. The van der Waals surface area contributed by atoms with Crippen molar-refractivity contribution in [2.24, 2.45) is 5.73 Å². The Kier molecular flexibility index (Phi) is 5.92. The number of hydrogen-bond donors (Lipinski definition) is 2. The highest BCUT2D eigenvalue weighted by atomic mass is 16.1. The summed E-state index contributed by atoms with van der Waals surface area (Å²) < 4.78 is 0. The van der Waals surface area contributed by atoms with Gasteiger partial charge in [0.15, 0.2) is 0 Å². The molecule has 1 rings (SSSR count). The maximum Gasteiger partial charge on any atom is 0.218 e. The lowest BCUT2D eigenvalue weighted by molar-refractivity contribution is -0.118. The summed E-state index contributed by atoms with van der Waals surface area (Å²) in [5.41, 5.74) is 5.20. The Bertz CT molecular complexity index is 243. The maximum atomic E-state index is 10.8. The third kappa shape index (κ3) is 5.50. The van der Waals surface area contributed by atoms with E-state index in [4.69, 9.17) is 5.73 Å². The average Bonchev–Trinajstić information content (AvgIpc) is 2.41. The Labute approximate surface area is 105 Å². The number of likely N-dealkylation sites (tertiary alicyclic amines) is 1. The van der Waals surface area contributed by atoms with Crippen LogP contribution in [0.4, 0.5) is 0 Å². The summed E-state index contributed by atoms with van der Waals surface area (Å²) in [5, 5.41) is 3.52. The lowest BCUT2D eigenvalue weighted by Crippen LogP contribution is -2.39. The molecule has 0 spiro atoms. The van der Waals surface area contributed by atoms with Crippen LogP contribution in [-0.4, -0.2) is 42.0 Å². The molecule has 0 aromatic rings. The second kappa shape index (κ2) is 6.97. The molecule has 0 saturated carbocycles. The second-order valence-electron chi connectivity index (χ2n) is 5.50. The van der Waals surface area contributed by atoms with Crippen LogP contribution < -0.4 is 11.1 Å². The molecule has 2 atom stereocenters. The Morgan fingerprint density at radius 1 is 1.35 bits per heavy atom. The molecule has 0 aromatic carbocycles. The van der Waals surface area contributed by atoms with Crippen LogP contribution in [0.3, 0.4) is 0 Å². The van der Waals surface area contributed by atoms with E-state index in [1.54, 1.807) is 0 Å². The molecule has 4 nitrogen and oxygen atoms in total. The second-order valence-corrected chi connectivity index (χ2v) is 5.50. The normalized spacial score (nSPS) is 24.6. The first kappa shape index (κ1) is 14.5. The van der Waals surface area contributed by atoms with Gasteiger partial charge in [-0.1, -0.05) is 0 Å². The molecule has 3 N–H and O–H groups in total. The van der Waals surface area contributed by atoms with Crippen LogP contribution in [0.1, 0.15) is 46.5 Å². The van der Waals surface area contributed by atoms with Crippen LogP contribution in [0.2, 0.25) is 0 Å². The first-order valence-corrected chi connectivity index (χ1v) is 6.77. The smallest absolute Gasteiger partial charge is 0.218 e. The highest BCUT2D eigenvalue weighted by Crippen LogP contribution is 2.14. The number of carbonyl (C=O) groups excluding carboxylic acids is 1. The van der Waals surface area contributed by atoms with E-state index in [0.29, 0.717) is 18.5 Å². The van der Waals surface area contributed by atoms with Crippen LogP contribution >= 0.6 is 0 Å². The number of amides is 1. The van der Waals surface area contributed by atoms with Crippen molar-refractivity contribution >= 4 is 5.91 Å². The molecule has 0 bridgehead atoms. The fourth-order valence-electron chi connectivity index (χ4n) is 2.56. The fourth-order valence-corrected chi connectivity index (χ4v) is 2.56. The molecule has 1 heterocycles. The van der Waals surface area contributed by atoms with E-state index < -0.39 is 0 Å². The van der Waals surface area contributed by atoms with Crippen LogP contribution in [0.25, 0.3) is 0 Å². The summed E-state index contributed by atoms with van der Waals surface area (Å²) in [5.74, 6) is -0.220. The third-order valence-electron chi connectivity index (χ3n) is 3.52. The SMILES string of the molecule is CC(CC(N)=O)NC1CCCN(C(C)C)CC1. The molecule has 0 radical (unpaired) electrons. The van der Waals surface area contributed by atoms with Crippen molar-refractivity contribution in [3.05, 3.63) is 0 Å². The van der Waals surface area contributed by atoms with Crippen molar-refractivity contribution in [1.29, 1.82) is 0 Å². The highest BCUT2D eigenvalue weighted by molar-refractivity contribution is 5.74. The van der Waals surface area contributed by atoms with Gasteiger partial charge in [0.05, 0.1) is 0 Å². The van der Waals surface area contributed by atoms with E-state index in [1.807, 2.05) is 6.92 Å². The van der Waals surface area contributed by atoms with Crippen LogP contribution in [-0.2, 0) is 4.79 Å². The topological polar surface area (TPSA) is 58.4 Å². The molecule has 1 fully saturated rings. The Morgan fingerprint density at radius 2 is 2.06 bits per heavy atom. The van der Waals surface area contributed by atoms with Crippen molar-refractivity contribution in [3.8, 4) is 0 Å². The number of nitrogens with zero attached hydrogens (tertiary/aromatic N) is 1. The molecular weight excluding hydrogens is 214 g/mol. The van der Waals surface area contributed by atoms with Crippen LogP contribution in [0, 0.1) is 0 Å². The third-order valence-corrected chi connectivity index (χ3v) is 3.52. The first-order chi connectivity index (χ1) is 7.99. The van der Waals surface area contributed by atoms with Crippen LogP contribution in [0.15, 0.2) is 0 Å². The van der Waals surface area contributed by atoms with Gasteiger partial charge in [0, 0.05) is 24.5 Å². The van der Waals surface area contributed by atoms with Gasteiger partial charge in [-0.05, 0) is 53.1 Å². The number of primary amides is 1. The van der Waals surface area contributed by atoms with E-state index in [9.17, 15) is 4.79 Å². The number of rotatable bonds is 5. The Morgan fingerprint density at radius 3 is 2.65 bits per heavy atom. The van der Waals surface area contributed by atoms with Gasteiger partial charge < -0.3 is 16.0 Å². The van der Waals surface area contributed by atoms with Crippen molar-refractivity contribution in [2.75, 3.05) is 13.1 Å². The van der Waals surface area contributed by atoms with Crippen molar-refractivity contribution in [1.82, 2.24) is 10.2 Å². The predicted molar refractivity (Wildman–Crippen MR) is 70.8 cm³/mol. The van der Waals surface area contributed by atoms with E-state index in [0.717, 1.165) is 6.54 Å². The first-order valence-electron chi connectivity index (χ1n) is 6.77. The van der Waals surface area contributed by atoms with Gasteiger partial charge in [0.1, 0.15) is 0 Å². The Balaban J connectivity index is 2.33. The lowest BCUT2D eigenvalue weighted by Gasteiger charge is -2.25. The van der Waals surface area contributed by atoms with Gasteiger partial charge in [0.2, 0.25) is 5.91 Å². The van der Waals surface area contributed by atoms with E-state index in [1.165, 1.54) is 25.8 Å². The summed E-state index contributed by atoms with van der Waals surface area (Å²) in [4.78, 5) is 13.4. The van der Waals surface area contributed by atoms with Gasteiger partial charge in [-0.15, -0.1) is 0 Å². The molecular formula is C13H27N3O. The maximum absolute atomic E-state index is 10.8. The number of carbonyl (C=O) groups is 1. The van der Waals surface area contributed by atoms with Gasteiger partial charge in [-0.3, -0.25) is 4.79 Å². The summed E-state index contributed by atoms with van der Waals surface area (Å²) in [6, 6.07) is 1.37. The number of hydrogen-bond acceptors (Lipinski definition) is 3. The average molecular weight is 241 g/mol. The quantitative estimate of drug-likeness (QED) is 0.758. The fraction of sp³-hybridized carbons (Fsp3) is 0.923. The molecule has 17 heavy (non-hydrogen) atoms. The number of nitrogens with two attached hydrogens (primary N) is 1. The summed E-state index contributed by atoms with van der Waals surface area (Å²) in [6.45, 7) is 8.89. The van der Waals surface area contributed by atoms with E-state index >= 15 is 0 Å². The van der Waals surface area contributed by atoms with Gasteiger partial charge in [-0.25, -0.2) is 0 Å². The molecule has 1 saturated heterocycles. The summed E-state index contributed by atoms with van der Waals surface area (Å²) >= 11 is 0. The minimum atomic E-state index is -0.220. The Hall–Kier alpha value is -0.610. The largest absolute Gasteiger partial charge is 0.370 e. The zero-order valence-electron chi connectivity index (χ0n) is 11.4. The molecule has 2 unspecified atom stereocenters. The van der Waals surface area contributed by atoms with Crippen molar-refractivity contribution < 1.29 is 4.79 Å². The zero-order valence-corrected chi connectivity index (χ0v) is 11.4. The predicted octanol–water partition coefficient (Wildman–Crippen LogP) is 1.10. The van der Waals surface area contributed by atoms with Gasteiger partial charge in [-0.2, -0.15) is 0 Å². The lowest BCUT2D eigenvalue weighted by atomic mass is 10.1. The summed E-state index contributed by atoms with van der Waals surface area (Å²) in [6.07, 6.45) is 4.04. The molecule has 1 aliphatic rings. The molecule has 100 valence electrons. The molecule has 1 aliphatic heterocycles. The minimum absolute atomic E-state index is 0.197. The van der Waals surface area contributed by atoms with Crippen LogP contribution in [0.5, 0.6) is 0 Å². The molecule has 1 amide bonds. The number of nitrogens with one attached hydrogen (secondary N) is 1. The molecule has 0 aromatic heterocycles. The zero-order chi connectivity index (χ0) is 12.8. The van der Waals surface area contributed by atoms with E-state index in [-0.39, 0.29) is 11.9 Å². The van der Waals surface area contributed by atoms with Crippen molar-refractivity contribution in [2.45, 2.75) is 64.6 Å². The molecule has 4 heteroatoms. The van der Waals surface area contributed by atoms with Gasteiger partial charge >= 0.3 is 0 Å². The highest BCUT2D eigenvalue weighted by Gasteiger charge is 2.20. The monoisotopic (exact) mass is 241 g/mol. The molecule has 0 aliphatic carbocycles. The van der Waals surface area contributed by atoms with Gasteiger partial charge in [0.25, 0.3) is 0 Å². The van der Waals surface area contributed by atoms with Crippen molar-refractivity contribution in [3.63, 3.8) is 0 Å².